The van der Waals surface area contributed by atoms with Crippen LogP contribution >= 0.6 is 23.2 Å². The molecule has 0 heterocycles. The molecule has 1 aromatic carbocycles. The summed E-state index contributed by atoms with van der Waals surface area (Å²) in [5, 5.41) is 0.517. The summed E-state index contributed by atoms with van der Waals surface area (Å²) < 4.78 is 5.05. The smallest absolute Gasteiger partial charge is 0.163 e. The first-order chi connectivity index (χ1) is 7.54. The summed E-state index contributed by atoms with van der Waals surface area (Å²) in [6.45, 7) is 1.87. The zero-order valence-electron chi connectivity index (χ0n) is 9.30. The van der Waals surface area contributed by atoms with E-state index in [1.54, 1.807) is 18.2 Å². The highest BCUT2D eigenvalue weighted by atomic mass is 35.5. The van der Waals surface area contributed by atoms with E-state index in [0.717, 1.165) is 0 Å². The second kappa shape index (κ2) is 6.12. The first-order valence-corrected chi connectivity index (χ1v) is 5.87. The van der Waals surface area contributed by atoms with Gasteiger partial charge in [-0.3, -0.25) is 4.79 Å². The van der Waals surface area contributed by atoms with Crippen LogP contribution < -0.4 is 4.74 Å². The van der Waals surface area contributed by atoms with Crippen molar-refractivity contribution in [2.45, 2.75) is 25.1 Å². The number of hydrogen-bond acceptors (Lipinski definition) is 2. The topological polar surface area (TPSA) is 26.3 Å². The number of rotatable bonds is 5. The Hall–Kier alpha value is -0.730. The van der Waals surface area contributed by atoms with E-state index >= 15 is 0 Å². The van der Waals surface area contributed by atoms with E-state index in [-0.39, 0.29) is 11.2 Å². The van der Waals surface area contributed by atoms with Gasteiger partial charge in [0.2, 0.25) is 0 Å². The molecule has 0 aliphatic rings. The largest absolute Gasteiger partial charge is 0.495 e. The molecule has 1 atom stereocenters. The van der Waals surface area contributed by atoms with Gasteiger partial charge in [0.1, 0.15) is 5.75 Å². The Morgan fingerprint density at radius 1 is 1.50 bits per heavy atom. The minimum atomic E-state index is 0.0122. The van der Waals surface area contributed by atoms with Gasteiger partial charge in [-0.15, -0.1) is 11.6 Å². The minimum Gasteiger partial charge on any atom is -0.495 e. The highest BCUT2D eigenvalue weighted by Gasteiger charge is 2.10. The molecule has 0 aromatic heterocycles. The Morgan fingerprint density at radius 2 is 2.19 bits per heavy atom. The van der Waals surface area contributed by atoms with Crippen molar-refractivity contribution in [1.82, 2.24) is 0 Å². The van der Waals surface area contributed by atoms with Crippen LogP contribution in [0.1, 0.15) is 30.1 Å². The number of alkyl halides is 1. The fourth-order valence-corrected chi connectivity index (χ4v) is 1.61. The molecular formula is C12H14Cl2O2. The van der Waals surface area contributed by atoms with Crippen molar-refractivity contribution >= 4 is 29.0 Å². The molecule has 0 saturated heterocycles. The molecule has 0 N–H and O–H groups in total. The number of Topliss-reactive ketones (excluding diaryl/α,β-unsaturated/α-hetero) is 1. The predicted molar refractivity (Wildman–Crippen MR) is 66.9 cm³/mol. The van der Waals surface area contributed by atoms with Crippen molar-refractivity contribution < 1.29 is 9.53 Å². The fraction of sp³-hybridized carbons (Fsp3) is 0.417. The van der Waals surface area contributed by atoms with Crippen LogP contribution in [0, 0.1) is 0 Å². The van der Waals surface area contributed by atoms with Gasteiger partial charge in [0.25, 0.3) is 0 Å². The standard InChI is InChI=1S/C12H14Cl2O2/c1-8(13)3-6-11(15)9-4-5-10(14)12(7-9)16-2/h4-5,7-8H,3,6H2,1-2H3. The zero-order valence-corrected chi connectivity index (χ0v) is 10.8. The zero-order chi connectivity index (χ0) is 12.1. The molecule has 0 aliphatic heterocycles. The van der Waals surface area contributed by atoms with Gasteiger partial charge in [0.05, 0.1) is 12.1 Å². The lowest BCUT2D eigenvalue weighted by Crippen LogP contribution is -2.02. The van der Waals surface area contributed by atoms with Crippen LogP contribution in [-0.4, -0.2) is 18.3 Å². The predicted octanol–water partition coefficient (Wildman–Crippen LogP) is 3.94. The number of methoxy groups -OCH3 is 1. The third-order valence-corrected chi connectivity index (χ3v) is 2.77. The van der Waals surface area contributed by atoms with Crippen molar-refractivity contribution in [3.8, 4) is 5.75 Å². The highest BCUT2D eigenvalue weighted by molar-refractivity contribution is 6.32. The van der Waals surface area contributed by atoms with Crippen molar-refractivity contribution in [2.75, 3.05) is 7.11 Å². The summed E-state index contributed by atoms with van der Waals surface area (Å²) in [5.41, 5.74) is 0.610. The molecule has 1 unspecified atom stereocenters. The van der Waals surface area contributed by atoms with Crippen molar-refractivity contribution in [2.24, 2.45) is 0 Å². The number of hydrogen-bond donors (Lipinski definition) is 0. The number of carbonyl (C=O) groups excluding carboxylic acids is 1. The van der Waals surface area contributed by atoms with Crippen molar-refractivity contribution in [1.29, 1.82) is 0 Å². The van der Waals surface area contributed by atoms with E-state index in [1.807, 2.05) is 6.92 Å². The third kappa shape index (κ3) is 3.69. The molecule has 1 rings (SSSR count). The van der Waals surface area contributed by atoms with Crippen LogP contribution in [0.15, 0.2) is 18.2 Å². The number of ketones is 1. The molecule has 16 heavy (non-hydrogen) atoms. The lowest BCUT2D eigenvalue weighted by Gasteiger charge is -2.06. The summed E-state index contributed by atoms with van der Waals surface area (Å²) in [6, 6.07) is 5.02. The Morgan fingerprint density at radius 3 is 2.75 bits per heavy atom. The molecule has 2 nitrogen and oxygen atoms in total. The van der Waals surface area contributed by atoms with Gasteiger partial charge >= 0.3 is 0 Å². The van der Waals surface area contributed by atoms with Crippen molar-refractivity contribution in [3.05, 3.63) is 28.8 Å². The van der Waals surface area contributed by atoms with Gasteiger partial charge in [0, 0.05) is 17.4 Å². The maximum absolute atomic E-state index is 11.8. The first kappa shape index (κ1) is 13.3. The lowest BCUT2D eigenvalue weighted by atomic mass is 10.1. The average Bonchev–Trinajstić information content (AvgIpc) is 2.26. The van der Waals surface area contributed by atoms with Crippen LogP contribution in [0.2, 0.25) is 5.02 Å². The SMILES string of the molecule is COc1cc(C(=O)CCC(C)Cl)ccc1Cl. The van der Waals surface area contributed by atoms with E-state index in [4.69, 9.17) is 27.9 Å². The van der Waals surface area contributed by atoms with Crippen LogP contribution in [0.4, 0.5) is 0 Å². The third-order valence-electron chi connectivity index (χ3n) is 2.24. The molecule has 1 aromatic rings. The number of halogens is 2. The van der Waals surface area contributed by atoms with Crippen LogP contribution in [-0.2, 0) is 0 Å². The van der Waals surface area contributed by atoms with Gasteiger partial charge in [-0.1, -0.05) is 11.6 Å². The minimum absolute atomic E-state index is 0.0122. The number of carbonyl (C=O) groups is 1. The molecule has 0 aliphatic carbocycles. The van der Waals surface area contributed by atoms with Gasteiger partial charge in [-0.05, 0) is 31.5 Å². The molecule has 88 valence electrons. The van der Waals surface area contributed by atoms with Crippen LogP contribution in [0.25, 0.3) is 0 Å². The second-order valence-corrected chi connectivity index (χ2v) is 4.74. The Bertz CT molecular complexity index is 375. The fourth-order valence-electron chi connectivity index (χ4n) is 1.31. The van der Waals surface area contributed by atoms with E-state index in [9.17, 15) is 4.79 Å². The van der Waals surface area contributed by atoms with Gasteiger partial charge in [-0.25, -0.2) is 0 Å². The summed E-state index contributed by atoms with van der Waals surface area (Å²) in [6.07, 6.45) is 1.11. The molecule has 0 radical (unpaired) electrons. The molecule has 0 amide bonds. The molecule has 0 bridgehead atoms. The lowest BCUT2D eigenvalue weighted by molar-refractivity contribution is 0.0979. The van der Waals surface area contributed by atoms with E-state index in [1.165, 1.54) is 7.11 Å². The van der Waals surface area contributed by atoms with Crippen molar-refractivity contribution in [3.63, 3.8) is 0 Å². The molecule has 4 heteroatoms. The summed E-state index contributed by atoms with van der Waals surface area (Å²) >= 11 is 11.7. The summed E-state index contributed by atoms with van der Waals surface area (Å²) in [7, 11) is 1.52. The second-order valence-electron chi connectivity index (χ2n) is 3.59. The van der Waals surface area contributed by atoms with Crippen LogP contribution in [0.3, 0.4) is 0 Å². The maximum Gasteiger partial charge on any atom is 0.163 e. The Kier molecular flexibility index (Phi) is 5.10. The van der Waals surface area contributed by atoms with Gasteiger partial charge in [0.15, 0.2) is 5.78 Å². The average molecular weight is 261 g/mol. The van der Waals surface area contributed by atoms with Gasteiger partial charge < -0.3 is 4.74 Å². The van der Waals surface area contributed by atoms with Gasteiger partial charge in [-0.2, -0.15) is 0 Å². The quantitative estimate of drug-likeness (QED) is 0.592. The normalized spacial score (nSPS) is 12.2. The first-order valence-electron chi connectivity index (χ1n) is 5.05. The Labute approximate surface area is 106 Å². The Balaban J connectivity index is 2.76. The monoisotopic (exact) mass is 260 g/mol. The maximum atomic E-state index is 11.8. The number of ether oxygens (including phenoxy) is 1. The van der Waals surface area contributed by atoms with Crippen LogP contribution in [0.5, 0.6) is 5.75 Å². The summed E-state index contributed by atoms with van der Waals surface area (Å²) in [5.74, 6) is 0.578. The van der Waals surface area contributed by atoms with E-state index in [0.29, 0.717) is 29.2 Å². The van der Waals surface area contributed by atoms with E-state index < -0.39 is 0 Å². The molecule has 0 fully saturated rings. The molecular weight excluding hydrogens is 247 g/mol. The molecule has 0 saturated carbocycles. The summed E-state index contributed by atoms with van der Waals surface area (Å²) in [4.78, 5) is 11.8. The number of benzene rings is 1. The molecule has 0 spiro atoms. The highest BCUT2D eigenvalue weighted by Crippen LogP contribution is 2.25. The van der Waals surface area contributed by atoms with E-state index in [2.05, 4.69) is 0 Å².